The third kappa shape index (κ3) is 26.9. The molecule has 59 heavy (non-hydrogen) atoms. The van der Waals surface area contributed by atoms with Crippen LogP contribution < -0.4 is 0 Å². The van der Waals surface area contributed by atoms with Crippen LogP contribution in [0.3, 0.4) is 0 Å². The van der Waals surface area contributed by atoms with Gasteiger partial charge >= 0.3 is 0 Å². The van der Waals surface area contributed by atoms with Gasteiger partial charge < -0.3 is 49.3 Å². The summed E-state index contributed by atoms with van der Waals surface area (Å²) in [5, 5.41) is 0. The maximum absolute atomic E-state index is 7.69. The molecule has 11 nitrogen and oxygen atoms in total. The molecule has 0 spiro atoms. The molecule has 0 saturated carbocycles. The third-order valence-corrected chi connectivity index (χ3v) is 17.0. The van der Waals surface area contributed by atoms with Gasteiger partial charge in [-0.05, 0) is 177 Å². The van der Waals surface area contributed by atoms with Crippen LogP contribution in [0.25, 0.3) is 0 Å². The van der Waals surface area contributed by atoms with Crippen molar-refractivity contribution in [3.05, 3.63) is 0 Å². The van der Waals surface area contributed by atoms with Crippen molar-refractivity contribution in [2.75, 3.05) is 19.8 Å². The molecule has 0 aromatic rings. The molecule has 0 bridgehead atoms. The van der Waals surface area contributed by atoms with Gasteiger partial charge in [0.25, 0.3) is 0 Å². The summed E-state index contributed by atoms with van der Waals surface area (Å²) in [6.07, 6.45) is -5.04. The van der Waals surface area contributed by atoms with Gasteiger partial charge in [-0.1, -0.05) is 0 Å². The van der Waals surface area contributed by atoms with Crippen LogP contribution in [0.2, 0.25) is 177 Å². The van der Waals surface area contributed by atoms with Gasteiger partial charge in [0.05, 0.1) is 32.0 Å². The fraction of sp³-hybridized carbons (Fsp3) is 1.00. The summed E-state index contributed by atoms with van der Waals surface area (Å²) in [6.45, 7) is 61.0. The average Bonchev–Trinajstić information content (AvgIpc) is 2.92. The number of hydrogen-bond acceptors (Lipinski definition) is 11. The van der Waals surface area contributed by atoms with E-state index in [1.807, 2.05) is 0 Å². The fourth-order valence-electron chi connectivity index (χ4n) is 6.34. The molecular formula is C39H96O11Si9. The number of hydrogen-bond donors (Lipinski definition) is 0. The van der Waals surface area contributed by atoms with Gasteiger partial charge in [-0.25, -0.2) is 0 Å². The van der Waals surface area contributed by atoms with Gasteiger partial charge in [0, 0.05) is 0 Å². The lowest BCUT2D eigenvalue weighted by Gasteiger charge is -2.52. The van der Waals surface area contributed by atoms with Crippen LogP contribution in [0.15, 0.2) is 0 Å². The predicted molar refractivity (Wildman–Crippen MR) is 271 cm³/mol. The van der Waals surface area contributed by atoms with E-state index in [4.69, 9.17) is 49.3 Å². The molecule has 1 aliphatic heterocycles. The molecule has 0 aromatic carbocycles. The van der Waals surface area contributed by atoms with Crippen molar-refractivity contribution in [1.29, 1.82) is 0 Å². The Labute approximate surface area is 373 Å². The van der Waals surface area contributed by atoms with Crippen LogP contribution >= 0.6 is 0 Å². The Morgan fingerprint density at radius 3 is 1.03 bits per heavy atom. The van der Waals surface area contributed by atoms with Crippen molar-refractivity contribution >= 4 is 74.9 Å². The largest absolute Gasteiger partial charge is 0.415 e. The summed E-state index contributed by atoms with van der Waals surface area (Å²) >= 11 is 0. The fourth-order valence-corrected chi connectivity index (χ4v) is 14.9. The van der Waals surface area contributed by atoms with E-state index >= 15 is 0 Å². The maximum atomic E-state index is 7.69. The highest BCUT2D eigenvalue weighted by molar-refractivity contribution is 6.72. The Balaban J connectivity index is 4.43. The maximum Gasteiger partial charge on any atom is 0.186 e. The van der Waals surface area contributed by atoms with Crippen LogP contribution in [0, 0.1) is 0 Å². The number of rotatable bonds is 26. The highest BCUT2D eigenvalue weighted by atomic mass is 28.4. The summed E-state index contributed by atoms with van der Waals surface area (Å²) in [4.78, 5) is 0. The Bertz CT molecular complexity index is 1240. The second kappa shape index (κ2) is 21.9. The second-order valence-electron chi connectivity index (χ2n) is 25.2. The Hall–Kier alpha value is 1.51. The van der Waals surface area contributed by atoms with Crippen molar-refractivity contribution in [3.8, 4) is 0 Å². The first-order chi connectivity index (χ1) is 25.8. The molecule has 0 radical (unpaired) electrons. The minimum atomic E-state index is -2.29. The molecule has 1 heterocycles. The lowest BCUT2D eigenvalue weighted by molar-refractivity contribution is -0.317. The Morgan fingerprint density at radius 2 is 0.695 bits per heavy atom. The van der Waals surface area contributed by atoms with Crippen molar-refractivity contribution in [3.63, 3.8) is 0 Å². The number of ether oxygens (including phenoxy) is 2. The summed E-state index contributed by atoms with van der Waals surface area (Å²) in [7, 11) is -19.3. The molecule has 9 atom stereocenters. The third-order valence-electron chi connectivity index (χ3n) is 7.95. The zero-order valence-electron chi connectivity index (χ0n) is 43.3. The Kier molecular flexibility index (Phi) is 21.7. The van der Waals surface area contributed by atoms with Gasteiger partial charge in [0.1, 0.15) is 36.6 Å². The summed E-state index contributed by atoms with van der Waals surface area (Å²) in [6, 6.07) is 0. The first-order valence-electron chi connectivity index (χ1n) is 22.1. The van der Waals surface area contributed by atoms with E-state index in [9.17, 15) is 0 Å². The lowest BCUT2D eigenvalue weighted by atomic mass is 9.98. The monoisotopic (exact) mass is 992 g/mol. The van der Waals surface area contributed by atoms with Gasteiger partial charge in [0.15, 0.2) is 81.1 Å². The van der Waals surface area contributed by atoms with E-state index in [1.165, 1.54) is 0 Å². The first-order valence-corrected chi connectivity index (χ1v) is 52.8. The van der Waals surface area contributed by atoms with Crippen molar-refractivity contribution in [2.24, 2.45) is 0 Å². The standard InChI is InChI=1S/C39H96O11Si9/c1-51(2,3)40-28-31-35(47-56(16,17)18)37(49-58(22,23)24)38(50-59(25,26)27)39(43-31)44-34(32(45-54(10,11)12)29-41-52(4,5)6)36(48-57(19,20)21)33(46-55(13,14)15)30-42-53(7,8)9/h31-39H,28-30H2,1-27H3/t31-,32-,33+,34-,35+,36-,37+,38-,39-/m0/s1. The van der Waals surface area contributed by atoms with Crippen molar-refractivity contribution < 1.29 is 49.3 Å². The molecule has 1 saturated heterocycles. The normalized spacial score (nSPS) is 24.6. The van der Waals surface area contributed by atoms with Crippen LogP contribution in [0.4, 0.5) is 0 Å². The van der Waals surface area contributed by atoms with E-state index in [0.29, 0.717) is 19.8 Å². The van der Waals surface area contributed by atoms with Crippen LogP contribution in [0.5, 0.6) is 0 Å². The molecule has 354 valence electrons. The van der Waals surface area contributed by atoms with Crippen LogP contribution in [-0.2, 0) is 49.3 Å². The molecule has 0 N–H and O–H groups in total. The van der Waals surface area contributed by atoms with Gasteiger partial charge in [0.2, 0.25) is 0 Å². The SMILES string of the molecule is C[Si](C)(C)OC[C@H](O[Si](C)(C)C)[C@H](O[C@@H]1O[C@@H](CO[Si](C)(C)C)[C@@H](O[Si](C)(C)C)[C@@H](O[Si](C)(C)C)[C@@H]1O[Si](C)(C)C)[C@@H](O[Si](C)(C)C)[C@@H](CO[Si](C)(C)C)O[Si](C)(C)C. The molecule has 0 amide bonds. The molecule has 1 rings (SSSR count). The van der Waals surface area contributed by atoms with E-state index < -0.39 is 130 Å². The van der Waals surface area contributed by atoms with Crippen molar-refractivity contribution in [2.45, 2.75) is 232 Å². The predicted octanol–water partition coefficient (Wildman–Crippen LogP) is 11.0. The molecule has 1 fully saturated rings. The van der Waals surface area contributed by atoms with Gasteiger partial charge in [-0.3, -0.25) is 0 Å². The summed E-state index contributed by atoms with van der Waals surface area (Å²) < 4.78 is 78.6. The highest BCUT2D eigenvalue weighted by Crippen LogP contribution is 2.37. The average molecular weight is 994 g/mol. The van der Waals surface area contributed by atoms with E-state index in [2.05, 4.69) is 177 Å². The molecule has 0 aliphatic carbocycles. The zero-order valence-corrected chi connectivity index (χ0v) is 52.3. The first kappa shape index (κ1) is 58.5. The lowest BCUT2D eigenvalue weighted by Crippen LogP contribution is -2.68. The smallest absolute Gasteiger partial charge is 0.186 e. The van der Waals surface area contributed by atoms with E-state index in [-0.39, 0.29) is 0 Å². The molecule has 20 heteroatoms. The van der Waals surface area contributed by atoms with Gasteiger partial charge in [-0.2, -0.15) is 0 Å². The van der Waals surface area contributed by atoms with Crippen LogP contribution in [-0.4, -0.2) is 150 Å². The molecular weight excluding hydrogens is 897 g/mol. The van der Waals surface area contributed by atoms with Crippen molar-refractivity contribution in [1.82, 2.24) is 0 Å². The molecule has 0 unspecified atom stereocenters. The minimum Gasteiger partial charge on any atom is -0.415 e. The van der Waals surface area contributed by atoms with Gasteiger partial charge in [-0.15, -0.1) is 0 Å². The molecule has 1 aliphatic rings. The molecule has 0 aromatic heterocycles. The quantitative estimate of drug-likeness (QED) is 0.0774. The minimum absolute atomic E-state index is 0.343. The summed E-state index contributed by atoms with van der Waals surface area (Å²) in [5.41, 5.74) is 0. The topological polar surface area (TPSA) is 102 Å². The van der Waals surface area contributed by atoms with E-state index in [1.54, 1.807) is 0 Å². The summed E-state index contributed by atoms with van der Waals surface area (Å²) in [5.74, 6) is 0. The van der Waals surface area contributed by atoms with E-state index in [0.717, 1.165) is 0 Å². The second-order valence-corrected chi connectivity index (χ2v) is 65.5. The zero-order chi connectivity index (χ0) is 46.6. The highest BCUT2D eigenvalue weighted by Gasteiger charge is 2.55. The van der Waals surface area contributed by atoms with Crippen LogP contribution in [0.1, 0.15) is 0 Å². The Morgan fingerprint density at radius 1 is 0.356 bits per heavy atom.